The third kappa shape index (κ3) is 1.76. The summed E-state index contributed by atoms with van der Waals surface area (Å²) < 4.78 is 4.98. The molecule has 1 aromatic carbocycles. The Morgan fingerprint density at radius 2 is 2.40 bits per heavy atom. The molecular formula is C10H11N3O2. The smallest absolute Gasteiger partial charge is 0.224 e. The van der Waals surface area contributed by atoms with Crippen molar-refractivity contribution in [2.24, 2.45) is 0 Å². The Labute approximate surface area is 86.2 Å². The first-order valence-electron chi connectivity index (χ1n) is 4.65. The van der Waals surface area contributed by atoms with E-state index in [1.165, 1.54) is 0 Å². The van der Waals surface area contributed by atoms with Gasteiger partial charge in [0.25, 0.3) is 0 Å². The topological polar surface area (TPSA) is 81.2 Å². The molecule has 1 heterocycles. The summed E-state index contributed by atoms with van der Waals surface area (Å²) in [6.07, 6.45) is 0.441. The highest BCUT2D eigenvalue weighted by atomic mass is 16.5. The second-order valence-corrected chi connectivity index (χ2v) is 3.18. The Kier molecular flexibility index (Phi) is 2.29. The highest BCUT2D eigenvalue weighted by Gasteiger charge is 2.06. The van der Waals surface area contributed by atoms with E-state index < -0.39 is 0 Å². The minimum atomic E-state index is -0.0400. The van der Waals surface area contributed by atoms with Crippen LogP contribution in [0.2, 0.25) is 0 Å². The molecule has 0 saturated carbocycles. The predicted octanol–water partition coefficient (Wildman–Crippen LogP) is 1.76. The van der Waals surface area contributed by atoms with Crippen LogP contribution in [-0.4, -0.2) is 11.1 Å². The van der Waals surface area contributed by atoms with Crippen molar-refractivity contribution in [2.75, 3.05) is 11.1 Å². The van der Waals surface area contributed by atoms with Crippen LogP contribution in [0.15, 0.2) is 22.7 Å². The molecule has 5 heteroatoms. The monoisotopic (exact) mass is 205 g/mol. The number of anilines is 2. The molecule has 3 N–H and O–H groups in total. The summed E-state index contributed by atoms with van der Waals surface area (Å²) in [5.41, 5.74) is 6.82. The Hall–Kier alpha value is -2.04. The van der Waals surface area contributed by atoms with Gasteiger partial charge >= 0.3 is 0 Å². The number of amides is 1. The minimum absolute atomic E-state index is 0.0400. The van der Waals surface area contributed by atoms with Gasteiger partial charge in [-0.25, -0.2) is 0 Å². The molecule has 1 amide bonds. The number of nitrogens with two attached hydrogens (primary N) is 1. The number of nitrogens with zero attached hydrogens (tertiary/aromatic N) is 1. The minimum Gasteiger partial charge on any atom is -0.380 e. The van der Waals surface area contributed by atoms with E-state index in [1.807, 2.05) is 0 Å². The molecule has 0 unspecified atom stereocenters. The molecule has 78 valence electrons. The van der Waals surface area contributed by atoms with Crippen molar-refractivity contribution in [3.05, 3.63) is 18.2 Å². The van der Waals surface area contributed by atoms with Gasteiger partial charge in [-0.05, 0) is 12.1 Å². The van der Waals surface area contributed by atoms with E-state index in [9.17, 15) is 4.79 Å². The number of nitrogens with one attached hydrogen (secondary N) is 1. The van der Waals surface area contributed by atoms with E-state index >= 15 is 0 Å². The zero-order valence-electron chi connectivity index (χ0n) is 8.28. The molecule has 0 fully saturated rings. The number of carbonyl (C=O) groups excluding carboxylic acids is 1. The van der Waals surface area contributed by atoms with Crippen LogP contribution in [-0.2, 0) is 4.79 Å². The van der Waals surface area contributed by atoms with Crippen LogP contribution < -0.4 is 11.1 Å². The van der Waals surface area contributed by atoms with Crippen molar-refractivity contribution < 1.29 is 9.32 Å². The first kappa shape index (κ1) is 9.51. The lowest BCUT2D eigenvalue weighted by Crippen LogP contribution is -2.08. The SMILES string of the molecule is CCC(=O)Nc1ccc2c(N)noc2c1. The molecule has 0 aliphatic rings. The molecule has 0 spiro atoms. The third-order valence-electron chi connectivity index (χ3n) is 2.10. The van der Waals surface area contributed by atoms with Crippen LogP contribution in [0.3, 0.4) is 0 Å². The normalized spacial score (nSPS) is 10.5. The third-order valence-corrected chi connectivity index (χ3v) is 2.10. The number of carbonyl (C=O) groups is 1. The molecule has 0 atom stereocenters. The van der Waals surface area contributed by atoms with Gasteiger partial charge < -0.3 is 15.6 Å². The summed E-state index contributed by atoms with van der Waals surface area (Å²) in [4.78, 5) is 11.1. The van der Waals surface area contributed by atoms with Gasteiger partial charge in [0.1, 0.15) is 0 Å². The molecule has 0 aliphatic carbocycles. The van der Waals surface area contributed by atoms with E-state index in [2.05, 4.69) is 10.5 Å². The van der Waals surface area contributed by atoms with Crippen molar-refractivity contribution in [1.29, 1.82) is 0 Å². The second-order valence-electron chi connectivity index (χ2n) is 3.18. The Balaban J connectivity index is 2.35. The zero-order chi connectivity index (χ0) is 10.8. The molecule has 0 radical (unpaired) electrons. The van der Waals surface area contributed by atoms with Gasteiger partial charge in [-0.15, -0.1) is 0 Å². The summed E-state index contributed by atoms with van der Waals surface area (Å²) in [5, 5.41) is 7.11. The molecular weight excluding hydrogens is 194 g/mol. The summed E-state index contributed by atoms with van der Waals surface area (Å²) in [6.45, 7) is 1.79. The highest BCUT2D eigenvalue weighted by molar-refractivity contribution is 5.95. The molecule has 1 aromatic heterocycles. The van der Waals surface area contributed by atoms with E-state index in [1.54, 1.807) is 25.1 Å². The van der Waals surface area contributed by atoms with E-state index in [4.69, 9.17) is 10.3 Å². The van der Waals surface area contributed by atoms with Gasteiger partial charge in [0.15, 0.2) is 11.4 Å². The fourth-order valence-corrected chi connectivity index (χ4v) is 1.28. The lowest BCUT2D eigenvalue weighted by atomic mass is 10.2. The van der Waals surface area contributed by atoms with Crippen molar-refractivity contribution in [3.63, 3.8) is 0 Å². The molecule has 2 rings (SSSR count). The van der Waals surface area contributed by atoms with Gasteiger partial charge in [0, 0.05) is 18.2 Å². The van der Waals surface area contributed by atoms with Gasteiger partial charge in [-0.2, -0.15) is 0 Å². The quantitative estimate of drug-likeness (QED) is 0.782. The summed E-state index contributed by atoms with van der Waals surface area (Å²) in [7, 11) is 0. The first-order valence-corrected chi connectivity index (χ1v) is 4.65. The van der Waals surface area contributed by atoms with E-state index in [-0.39, 0.29) is 5.91 Å². The standard InChI is InChI=1S/C10H11N3O2/c1-2-9(14)12-6-3-4-7-8(5-6)15-13-10(7)11/h3-5H,2H2,1H3,(H2,11,13)(H,12,14). The molecule has 0 aliphatic heterocycles. The van der Waals surface area contributed by atoms with Gasteiger partial charge in [-0.1, -0.05) is 12.1 Å². The number of fused-ring (bicyclic) bond motifs is 1. The van der Waals surface area contributed by atoms with Crippen molar-refractivity contribution in [1.82, 2.24) is 5.16 Å². The number of rotatable bonds is 2. The number of nitrogen functional groups attached to an aromatic ring is 1. The zero-order valence-corrected chi connectivity index (χ0v) is 8.28. The van der Waals surface area contributed by atoms with Crippen LogP contribution in [0.5, 0.6) is 0 Å². The predicted molar refractivity (Wildman–Crippen MR) is 57.3 cm³/mol. The maximum atomic E-state index is 11.1. The molecule has 15 heavy (non-hydrogen) atoms. The number of aromatic nitrogens is 1. The fourth-order valence-electron chi connectivity index (χ4n) is 1.28. The van der Waals surface area contributed by atoms with Gasteiger partial charge in [-0.3, -0.25) is 4.79 Å². The van der Waals surface area contributed by atoms with Crippen LogP contribution >= 0.6 is 0 Å². The van der Waals surface area contributed by atoms with Crippen LogP contribution in [0.4, 0.5) is 11.5 Å². The second kappa shape index (κ2) is 3.61. The average Bonchev–Trinajstić information content (AvgIpc) is 2.60. The molecule has 0 bridgehead atoms. The van der Waals surface area contributed by atoms with Crippen LogP contribution in [0, 0.1) is 0 Å². The van der Waals surface area contributed by atoms with Crippen LogP contribution in [0.1, 0.15) is 13.3 Å². The molecule has 0 saturated heterocycles. The van der Waals surface area contributed by atoms with Crippen molar-refractivity contribution >= 4 is 28.4 Å². The Bertz CT molecular complexity index is 504. The van der Waals surface area contributed by atoms with E-state index in [0.717, 1.165) is 5.39 Å². The first-order chi connectivity index (χ1) is 7.20. The highest BCUT2D eigenvalue weighted by Crippen LogP contribution is 2.23. The summed E-state index contributed by atoms with van der Waals surface area (Å²) >= 11 is 0. The Morgan fingerprint density at radius 3 is 3.13 bits per heavy atom. The number of hydrogen-bond donors (Lipinski definition) is 2. The van der Waals surface area contributed by atoms with E-state index in [0.29, 0.717) is 23.5 Å². The van der Waals surface area contributed by atoms with Gasteiger partial charge in [0.2, 0.25) is 5.91 Å². The maximum Gasteiger partial charge on any atom is 0.224 e. The Morgan fingerprint density at radius 1 is 1.60 bits per heavy atom. The molecule has 5 nitrogen and oxygen atoms in total. The molecule has 2 aromatic rings. The average molecular weight is 205 g/mol. The number of benzene rings is 1. The lowest BCUT2D eigenvalue weighted by Gasteiger charge is -2.01. The largest absolute Gasteiger partial charge is 0.380 e. The number of hydrogen-bond acceptors (Lipinski definition) is 4. The summed E-state index contributed by atoms with van der Waals surface area (Å²) in [6, 6.07) is 5.24. The fraction of sp³-hybridized carbons (Fsp3) is 0.200. The summed E-state index contributed by atoms with van der Waals surface area (Å²) in [5.74, 6) is 0.320. The maximum absolute atomic E-state index is 11.1. The van der Waals surface area contributed by atoms with Gasteiger partial charge in [0.05, 0.1) is 5.39 Å². The van der Waals surface area contributed by atoms with Crippen molar-refractivity contribution in [3.8, 4) is 0 Å². The van der Waals surface area contributed by atoms with Crippen molar-refractivity contribution in [2.45, 2.75) is 13.3 Å². The van der Waals surface area contributed by atoms with Crippen LogP contribution in [0.25, 0.3) is 11.0 Å². The lowest BCUT2D eigenvalue weighted by molar-refractivity contribution is -0.115.